The monoisotopic (exact) mass is 1030 g/mol. The summed E-state index contributed by atoms with van der Waals surface area (Å²) in [6, 6.07) is 22.5. The standard InChI is InChI=1S/C22H30O4.C21H28O4.C20H26O4/c1-2-3-4-5-16-25-20-13-8-19(9-14-20)17-26-21-11-6-18(7-12-21)10-15-22(23)24;1-2-3-4-15-24-19-12-7-18(8-13-19)16-25-20-10-5-17(6-11-20)9-14-21(22)23;1-2-3-14-23-18-11-6-17(7-12-18)15-24-19-9-4-16(5-10-19)8-13-20(21)22/h2,6-7,10-12,15,19-20H,1,3-5,8-9,13-14,16-17H2,(H,23,24);2,5-6,9-11,14,18-19H,1,3-4,7-8,12-13,15-16H2,(H,22,23);2,4-5,8-10,13,17-18H,1,3,6-7,11-12,14-15H2,(H,21,22)/b15-10+;14-9+;13-8+. The lowest BCUT2D eigenvalue weighted by Gasteiger charge is -2.28. The van der Waals surface area contributed by atoms with Crippen LogP contribution in [-0.2, 0) is 28.6 Å². The second kappa shape index (κ2) is 37.5. The van der Waals surface area contributed by atoms with Gasteiger partial charge in [0.05, 0.1) is 44.7 Å². The van der Waals surface area contributed by atoms with Gasteiger partial charge in [0.25, 0.3) is 0 Å². The van der Waals surface area contributed by atoms with Crippen molar-refractivity contribution in [2.75, 3.05) is 39.6 Å². The first kappa shape index (κ1) is 61.3. The highest BCUT2D eigenvalue weighted by Crippen LogP contribution is 2.30. The third-order valence-electron chi connectivity index (χ3n) is 13.5. The van der Waals surface area contributed by atoms with Crippen molar-refractivity contribution in [1.82, 2.24) is 0 Å². The maximum atomic E-state index is 10.5. The van der Waals surface area contributed by atoms with Crippen LogP contribution < -0.4 is 14.2 Å². The van der Waals surface area contributed by atoms with E-state index in [0.717, 1.165) is 207 Å². The smallest absolute Gasteiger partial charge is 0.328 e. The highest BCUT2D eigenvalue weighted by molar-refractivity contribution is 5.86. The summed E-state index contributed by atoms with van der Waals surface area (Å²) < 4.78 is 35.4. The van der Waals surface area contributed by atoms with Crippen molar-refractivity contribution in [3.63, 3.8) is 0 Å². The van der Waals surface area contributed by atoms with Crippen molar-refractivity contribution in [1.29, 1.82) is 0 Å². The second-order valence-electron chi connectivity index (χ2n) is 19.5. The predicted molar refractivity (Wildman–Crippen MR) is 299 cm³/mol. The number of rotatable bonds is 30. The molecule has 3 aliphatic rings. The Hall–Kier alpha value is -6.21. The van der Waals surface area contributed by atoms with Gasteiger partial charge in [0.15, 0.2) is 0 Å². The number of carbonyl (C=O) groups is 3. The van der Waals surface area contributed by atoms with Crippen LogP contribution in [-0.4, -0.2) is 91.2 Å². The van der Waals surface area contributed by atoms with Gasteiger partial charge in [-0.1, -0.05) is 54.6 Å². The van der Waals surface area contributed by atoms with Gasteiger partial charge in [0.1, 0.15) is 17.2 Å². The molecule has 0 aliphatic heterocycles. The van der Waals surface area contributed by atoms with Crippen LogP contribution in [0.25, 0.3) is 18.2 Å². The van der Waals surface area contributed by atoms with Crippen molar-refractivity contribution in [3.05, 3.63) is 146 Å². The lowest BCUT2D eigenvalue weighted by Crippen LogP contribution is -2.25. The molecule has 0 saturated heterocycles. The van der Waals surface area contributed by atoms with Crippen LogP contribution in [0.1, 0.15) is 132 Å². The molecule has 0 radical (unpaired) electrons. The highest BCUT2D eigenvalue weighted by atomic mass is 16.5. The third-order valence-corrected chi connectivity index (χ3v) is 13.5. The summed E-state index contributed by atoms with van der Waals surface area (Å²) in [6.07, 6.45) is 35.0. The maximum absolute atomic E-state index is 10.5. The molecule has 3 aromatic carbocycles. The minimum Gasteiger partial charge on any atom is -0.493 e. The summed E-state index contributed by atoms with van der Waals surface area (Å²) in [4.78, 5) is 31.5. The fourth-order valence-corrected chi connectivity index (χ4v) is 9.00. The molecule has 12 heteroatoms. The molecule has 3 saturated carbocycles. The molecule has 408 valence electrons. The molecule has 0 aromatic heterocycles. The van der Waals surface area contributed by atoms with Gasteiger partial charge in [-0.2, -0.15) is 0 Å². The number of allylic oxidation sites excluding steroid dienone is 2. The Labute approximate surface area is 446 Å². The number of ether oxygens (including phenoxy) is 6. The molecule has 0 unspecified atom stereocenters. The minimum atomic E-state index is -0.945. The van der Waals surface area contributed by atoms with Crippen molar-refractivity contribution >= 4 is 36.1 Å². The fourth-order valence-electron chi connectivity index (χ4n) is 9.00. The van der Waals surface area contributed by atoms with Crippen LogP contribution in [0.5, 0.6) is 17.2 Å². The minimum absolute atomic E-state index is 0.390. The molecule has 0 amide bonds. The van der Waals surface area contributed by atoms with Crippen LogP contribution in [0.3, 0.4) is 0 Å². The fraction of sp³-hybridized carbons (Fsp3) is 0.476. The first-order valence-corrected chi connectivity index (χ1v) is 27.1. The van der Waals surface area contributed by atoms with E-state index in [0.29, 0.717) is 36.1 Å². The summed E-state index contributed by atoms with van der Waals surface area (Å²) in [5.41, 5.74) is 2.55. The molecule has 3 fully saturated rings. The summed E-state index contributed by atoms with van der Waals surface area (Å²) in [5, 5.41) is 25.9. The number of benzene rings is 3. The van der Waals surface area contributed by atoms with Crippen LogP contribution in [0.4, 0.5) is 0 Å². The number of carboxylic acids is 3. The molecule has 0 heterocycles. The van der Waals surface area contributed by atoms with Gasteiger partial charge in [-0.15, -0.1) is 19.7 Å². The zero-order valence-corrected chi connectivity index (χ0v) is 44.2. The molecule has 3 N–H and O–H groups in total. The van der Waals surface area contributed by atoms with Gasteiger partial charge in [0.2, 0.25) is 0 Å². The largest absolute Gasteiger partial charge is 0.493 e. The van der Waals surface area contributed by atoms with E-state index in [1.165, 1.54) is 0 Å². The quantitative estimate of drug-likeness (QED) is 0.0329. The van der Waals surface area contributed by atoms with E-state index in [1.54, 1.807) is 18.2 Å². The molecule has 0 spiro atoms. The molecular formula is C63H84O12. The number of unbranched alkanes of at least 4 members (excludes halogenated alkanes) is 3. The Morgan fingerprint density at radius 1 is 0.400 bits per heavy atom. The zero-order valence-electron chi connectivity index (χ0n) is 44.2. The lowest BCUT2D eigenvalue weighted by molar-refractivity contribution is -0.132. The van der Waals surface area contributed by atoms with Crippen molar-refractivity contribution < 1.29 is 58.1 Å². The summed E-state index contributed by atoms with van der Waals surface area (Å²) in [5.74, 6) is 1.40. The van der Waals surface area contributed by atoms with Gasteiger partial charge in [-0.25, -0.2) is 14.4 Å². The summed E-state index contributed by atoms with van der Waals surface area (Å²) in [7, 11) is 0. The van der Waals surface area contributed by atoms with Crippen molar-refractivity contribution in [2.45, 2.75) is 134 Å². The number of aliphatic carboxylic acids is 3. The Kier molecular flexibility index (Phi) is 30.7. The van der Waals surface area contributed by atoms with Crippen LogP contribution >= 0.6 is 0 Å². The van der Waals surface area contributed by atoms with Gasteiger partial charge < -0.3 is 43.7 Å². The molecule has 6 rings (SSSR count). The van der Waals surface area contributed by atoms with Crippen molar-refractivity contribution in [2.24, 2.45) is 17.8 Å². The second-order valence-corrected chi connectivity index (χ2v) is 19.5. The molecular weight excluding hydrogens is 949 g/mol. The average molecular weight is 1030 g/mol. The van der Waals surface area contributed by atoms with Crippen LogP contribution in [0, 0.1) is 17.8 Å². The van der Waals surface area contributed by atoms with E-state index in [9.17, 15) is 14.4 Å². The summed E-state index contributed by atoms with van der Waals surface area (Å²) >= 11 is 0. The SMILES string of the molecule is C=CCCCCOC1CCC(COc2ccc(/C=C/C(=O)O)cc2)CC1.C=CCCCOC1CCC(COc2ccc(/C=C/C(=O)O)cc2)CC1.C=CCCOC1CCC(COc2ccc(/C=C/C(=O)O)cc2)CC1. The van der Waals surface area contributed by atoms with Crippen LogP contribution in [0.2, 0.25) is 0 Å². The van der Waals surface area contributed by atoms with Gasteiger partial charge in [-0.3, -0.25) is 0 Å². The Morgan fingerprint density at radius 3 is 1.00 bits per heavy atom. The van der Waals surface area contributed by atoms with Crippen molar-refractivity contribution in [3.8, 4) is 17.2 Å². The molecule has 12 nitrogen and oxygen atoms in total. The van der Waals surface area contributed by atoms with Gasteiger partial charge in [0, 0.05) is 31.4 Å². The van der Waals surface area contributed by atoms with E-state index in [1.807, 2.05) is 91.0 Å². The van der Waals surface area contributed by atoms with E-state index in [-0.39, 0.29) is 0 Å². The molecule has 3 aromatic rings. The van der Waals surface area contributed by atoms with E-state index < -0.39 is 17.9 Å². The number of hydrogen-bond donors (Lipinski definition) is 3. The average Bonchev–Trinajstić information content (AvgIpc) is 3.43. The highest BCUT2D eigenvalue weighted by Gasteiger charge is 2.24. The molecule has 75 heavy (non-hydrogen) atoms. The van der Waals surface area contributed by atoms with E-state index in [4.69, 9.17) is 43.7 Å². The maximum Gasteiger partial charge on any atom is 0.328 e. The van der Waals surface area contributed by atoms with Gasteiger partial charge >= 0.3 is 17.9 Å². The Morgan fingerprint density at radius 2 is 0.693 bits per heavy atom. The third kappa shape index (κ3) is 28.3. The van der Waals surface area contributed by atoms with E-state index in [2.05, 4.69) is 19.7 Å². The zero-order chi connectivity index (χ0) is 53.7. The number of carboxylic acid groups (broad SMARTS) is 3. The summed E-state index contributed by atoms with van der Waals surface area (Å²) in [6.45, 7) is 15.8. The molecule has 0 bridgehead atoms. The van der Waals surface area contributed by atoms with Crippen LogP contribution in [0.15, 0.2) is 129 Å². The van der Waals surface area contributed by atoms with E-state index >= 15 is 0 Å². The topological polar surface area (TPSA) is 167 Å². The number of hydrogen-bond acceptors (Lipinski definition) is 9. The normalized spacial score (nSPS) is 20.5. The Balaban J connectivity index is 0.000000244. The van der Waals surface area contributed by atoms with Gasteiger partial charge in [-0.05, 0) is 205 Å². The lowest BCUT2D eigenvalue weighted by atomic mass is 9.88. The first-order chi connectivity index (χ1) is 36.5. The molecule has 3 aliphatic carbocycles. The predicted octanol–water partition coefficient (Wildman–Crippen LogP) is 14.1. The first-order valence-electron chi connectivity index (χ1n) is 27.1. The Bertz CT molecular complexity index is 2150. The molecule has 0 atom stereocenters.